The van der Waals surface area contributed by atoms with Crippen LogP contribution in [0.15, 0.2) is 0 Å². The van der Waals surface area contributed by atoms with E-state index in [1.165, 1.54) is 19.1 Å². The van der Waals surface area contributed by atoms with E-state index in [9.17, 15) is 8.42 Å². The molecule has 1 saturated carbocycles. The Bertz CT molecular complexity index is 342. The van der Waals surface area contributed by atoms with E-state index in [-0.39, 0.29) is 11.3 Å². The van der Waals surface area contributed by atoms with Crippen LogP contribution in [0.1, 0.15) is 32.6 Å². The standard InChI is InChI=1S/C12H26N2O2S/c1-11-5-4-6-12(13,9-11)10-14(2)7-8-17(3,15)16/h11H,4-10,13H2,1-3H3. The van der Waals surface area contributed by atoms with Gasteiger partial charge in [0.1, 0.15) is 9.84 Å². The van der Waals surface area contributed by atoms with Crippen molar-refractivity contribution in [1.29, 1.82) is 0 Å². The molecule has 0 heterocycles. The summed E-state index contributed by atoms with van der Waals surface area (Å²) in [6.07, 6.45) is 5.85. The Morgan fingerprint density at radius 1 is 1.47 bits per heavy atom. The van der Waals surface area contributed by atoms with E-state index >= 15 is 0 Å². The Morgan fingerprint density at radius 2 is 2.12 bits per heavy atom. The topological polar surface area (TPSA) is 63.4 Å². The van der Waals surface area contributed by atoms with Crippen molar-refractivity contribution in [2.24, 2.45) is 11.7 Å². The highest BCUT2D eigenvalue weighted by Crippen LogP contribution is 2.30. The van der Waals surface area contributed by atoms with Gasteiger partial charge in [0.2, 0.25) is 0 Å². The number of nitrogens with two attached hydrogens (primary N) is 1. The van der Waals surface area contributed by atoms with Gasteiger partial charge in [-0.15, -0.1) is 0 Å². The van der Waals surface area contributed by atoms with E-state index in [2.05, 4.69) is 11.8 Å². The molecule has 5 heteroatoms. The average molecular weight is 262 g/mol. The van der Waals surface area contributed by atoms with Crippen LogP contribution in [0, 0.1) is 5.92 Å². The minimum absolute atomic E-state index is 0.121. The number of sulfone groups is 1. The molecule has 1 aliphatic rings. The molecule has 0 amide bonds. The molecule has 0 aliphatic heterocycles. The van der Waals surface area contributed by atoms with Gasteiger partial charge < -0.3 is 10.6 Å². The summed E-state index contributed by atoms with van der Waals surface area (Å²) in [6, 6.07) is 0. The van der Waals surface area contributed by atoms with E-state index in [1.807, 2.05) is 7.05 Å². The summed E-state index contributed by atoms with van der Waals surface area (Å²) in [5, 5.41) is 0. The zero-order chi connectivity index (χ0) is 13.1. The minimum Gasteiger partial charge on any atom is -0.324 e. The summed E-state index contributed by atoms with van der Waals surface area (Å²) in [4.78, 5) is 2.05. The van der Waals surface area contributed by atoms with Crippen LogP contribution in [0.25, 0.3) is 0 Å². The maximum absolute atomic E-state index is 11.1. The lowest BCUT2D eigenvalue weighted by atomic mass is 9.77. The molecule has 0 aromatic heterocycles. The molecule has 17 heavy (non-hydrogen) atoms. The third kappa shape index (κ3) is 5.84. The van der Waals surface area contributed by atoms with Gasteiger partial charge in [0.15, 0.2) is 0 Å². The number of hydrogen-bond acceptors (Lipinski definition) is 4. The lowest BCUT2D eigenvalue weighted by Gasteiger charge is -2.39. The smallest absolute Gasteiger partial charge is 0.148 e. The molecule has 1 aliphatic carbocycles. The maximum atomic E-state index is 11.1. The second kappa shape index (κ2) is 5.67. The lowest BCUT2D eigenvalue weighted by Crippen LogP contribution is -2.52. The Morgan fingerprint density at radius 3 is 2.65 bits per heavy atom. The molecule has 102 valence electrons. The van der Waals surface area contributed by atoms with Gasteiger partial charge in [-0.1, -0.05) is 19.8 Å². The third-order valence-electron chi connectivity index (χ3n) is 3.56. The van der Waals surface area contributed by atoms with Gasteiger partial charge in [0.25, 0.3) is 0 Å². The van der Waals surface area contributed by atoms with Crippen molar-refractivity contribution in [3.8, 4) is 0 Å². The summed E-state index contributed by atoms with van der Waals surface area (Å²) in [7, 11) is -0.916. The fourth-order valence-electron chi connectivity index (χ4n) is 2.78. The van der Waals surface area contributed by atoms with Gasteiger partial charge in [-0.25, -0.2) is 8.42 Å². The van der Waals surface area contributed by atoms with Crippen LogP contribution >= 0.6 is 0 Å². The molecule has 0 aromatic carbocycles. The fraction of sp³-hybridized carbons (Fsp3) is 1.00. The quantitative estimate of drug-likeness (QED) is 0.798. The summed E-state index contributed by atoms with van der Waals surface area (Å²) in [5.74, 6) is 0.909. The Labute approximate surface area is 105 Å². The van der Waals surface area contributed by atoms with Crippen molar-refractivity contribution in [3.63, 3.8) is 0 Å². The molecular weight excluding hydrogens is 236 g/mol. The van der Waals surface area contributed by atoms with Crippen LogP contribution in [0.5, 0.6) is 0 Å². The normalized spacial score (nSPS) is 30.8. The number of nitrogens with zero attached hydrogens (tertiary/aromatic N) is 1. The van der Waals surface area contributed by atoms with Crippen LogP contribution in [0.2, 0.25) is 0 Å². The number of rotatable bonds is 5. The van der Waals surface area contributed by atoms with Gasteiger partial charge in [-0.2, -0.15) is 0 Å². The SMILES string of the molecule is CC1CCCC(N)(CN(C)CCS(C)(=O)=O)C1. The van der Waals surface area contributed by atoms with Gasteiger partial charge in [-0.05, 0) is 25.8 Å². The zero-order valence-electron chi connectivity index (χ0n) is 11.3. The van der Waals surface area contributed by atoms with E-state index < -0.39 is 9.84 Å². The monoisotopic (exact) mass is 262 g/mol. The van der Waals surface area contributed by atoms with E-state index in [1.54, 1.807) is 0 Å². The molecule has 2 N–H and O–H groups in total. The first-order valence-electron chi connectivity index (χ1n) is 6.35. The molecule has 0 bridgehead atoms. The zero-order valence-corrected chi connectivity index (χ0v) is 12.1. The molecule has 0 radical (unpaired) electrons. The summed E-state index contributed by atoms with van der Waals surface area (Å²) >= 11 is 0. The maximum Gasteiger partial charge on any atom is 0.148 e. The first-order chi connectivity index (χ1) is 7.70. The number of hydrogen-bond donors (Lipinski definition) is 1. The number of likely N-dealkylation sites (N-methyl/N-ethyl adjacent to an activating group) is 1. The molecular formula is C12H26N2O2S. The highest BCUT2D eigenvalue weighted by molar-refractivity contribution is 7.90. The van der Waals surface area contributed by atoms with Crippen LogP contribution < -0.4 is 5.73 Å². The van der Waals surface area contributed by atoms with Crippen molar-refractivity contribution in [3.05, 3.63) is 0 Å². The van der Waals surface area contributed by atoms with Crippen molar-refractivity contribution < 1.29 is 8.42 Å². The molecule has 1 fully saturated rings. The van der Waals surface area contributed by atoms with Crippen LogP contribution in [-0.4, -0.2) is 51.0 Å². The van der Waals surface area contributed by atoms with E-state index in [0.29, 0.717) is 12.5 Å². The highest BCUT2D eigenvalue weighted by atomic mass is 32.2. The first-order valence-corrected chi connectivity index (χ1v) is 8.41. The molecule has 4 nitrogen and oxygen atoms in total. The van der Waals surface area contributed by atoms with Crippen molar-refractivity contribution in [1.82, 2.24) is 4.90 Å². The molecule has 1 rings (SSSR count). The van der Waals surface area contributed by atoms with Crippen LogP contribution in [0.3, 0.4) is 0 Å². The van der Waals surface area contributed by atoms with Gasteiger partial charge >= 0.3 is 0 Å². The molecule has 0 spiro atoms. The third-order valence-corrected chi connectivity index (χ3v) is 4.48. The lowest BCUT2D eigenvalue weighted by molar-refractivity contribution is 0.173. The summed E-state index contributed by atoms with van der Waals surface area (Å²) in [5.41, 5.74) is 6.28. The van der Waals surface area contributed by atoms with Crippen LogP contribution in [0.4, 0.5) is 0 Å². The summed E-state index contributed by atoms with van der Waals surface area (Å²) < 4.78 is 22.2. The predicted octanol–water partition coefficient (Wildman–Crippen LogP) is 0.870. The molecule has 0 aromatic rings. The second-order valence-corrected chi connectivity index (χ2v) is 8.19. The van der Waals surface area contributed by atoms with Gasteiger partial charge in [0.05, 0.1) is 5.75 Å². The largest absolute Gasteiger partial charge is 0.324 e. The average Bonchev–Trinajstić information content (AvgIpc) is 2.12. The Kier molecular flexibility index (Phi) is 4.98. The van der Waals surface area contributed by atoms with Gasteiger partial charge in [0, 0.05) is 24.9 Å². The van der Waals surface area contributed by atoms with E-state index in [4.69, 9.17) is 5.73 Å². The molecule has 2 atom stereocenters. The molecule has 0 saturated heterocycles. The fourth-order valence-corrected chi connectivity index (χ4v) is 3.43. The molecule has 2 unspecified atom stereocenters. The highest BCUT2D eigenvalue weighted by Gasteiger charge is 2.31. The predicted molar refractivity (Wildman–Crippen MR) is 71.8 cm³/mol. The second-order valence-electron chi connectivity index (χ2n) is 5.93. The van der Waals surface area contributed by atoms with Crippen molar-refractivity contribution in [2.75, 3.05) is 32.1 Å². The first kappa shape index (κ1) is 14.9. The Balaban J connectivity index is 2.41. The van der Waals surface area contributed by atoms with Crippen molar-refractivity contribution >= 4 is 9.84 Å². The Hall–Kier alpha value is -0.130. The van der Waals surface area contributed by atoms with Crippen molar-refractivity contribution in [2.45, 2.75) is 38.1 Å². The van der Waals surface area contributed by atoms with Crippen LogP contribution in [-0.2, 0) is 9.84 Å². The van der Waals surface area contributed by atoms with Gasteiger partial charge in [-0.3, -0.25) is 0 Å². The minimum atomic E-state index is -2.87. The summed E-state index contributed by atoms with van der Waals surface area (Å²) in [6.45, 7) is 3.62. The van der Waals surface area contributed by atoms with E-state index in [0.717, 1.165) is 19.4 Å².